The van der Waals surface area contributed by atoms with Gasteiger partial charge in [-0.05, 0) is 0 Å². The van der Waals surface area contributed by atoms with E-state index in [-0.39, 0.29) is 60.8 Å². The predicted octanol–water partition coefficient (Wildman–Crippen LogP) is -6.30. The van der Waals surface area contributed by atoms with Gasteiger partial charge in [0, 0.05) is 0 Å². The minimum absolute atomic E-state index is 0. The SMILES string of the molecule is O=[N+]([O-])O.[CaH2].[MgH2].[O-][Cl+3]([O-])([O-])O. The summed E-state index contributed by atoms with van der Waals surface area (Å²) in [5.41, 5.74) is 0. The molecule has 0 fully saturated rings. The number of nitrogens with zero attached hydrogens (tertiary/aromatic N) is 1. The summed E-state index contributed by atoms with van der Waals surface area (Å²) in [6.45, 7) is 0. The van der Waals surface area contributed by atoms with E-state index >= 15 is 0 Å². The van der Waals surface area contributed by atoms with Crippen molar-refractivity contribution in [1.29, 1.82) is 0 Å². The zero-order valence-electron chi connectivity index (χ0n) is 3.76. The quantitative estimate of drug-likeness (QED) is 0.239. The Morgan fingerprint density at radius 2 is 1.27 bits per heavy atom. The van der Waals surface area contributed by atoms with Crippen molar-refractivity contribution in [3.8, 4) is 0 Å². The summed E-state index contributed by atoms with van der Waals surface area (Å²) >= 11 is 0. The molecule has 2 N–H and O–H groups in total. The van der Waals surface area contributed by atoms with E-state index in [1.54, 1.807) is 0 Å². The van der Waals surface area contributed by atoms with E-state index in [4.69, 9.17) is 34.0 Å². The zero-order valence-corrected chi connectivity index (χ0v) is 4.52. The molecule has 0 aliphatic heterocycles. The van der Waals surface area contributed by atoms with Gasteiger partial charge < -0.3 is 5.21 Å². The van der Waals surface area contributed by atoms with Gasteiger partial charge in [0.15, 0.2) is 0 Å². The molecule has 0 rings (SSSR count). The van der Waals surface area contributed by atoms with Crippen LogP contribution in [0.5, 0.6) is 0 Å². The summed E-state index contributed by atoms with van der Waals surface area (Å²) in [6.07, 6.45) is 0. The largest absolute Gasteiger partial charge is 0.316 e. The van der Waals surface area contributed by atoms with Crippen LogP contribution in [0.4, 0.5) is 0 Å². The molecule has 0 aliphatic rings. The molecule has 0 aliphatic carbocycles. The molecule has 0 spiro atoms. The molecule has 0 aromatic carbocycles. The van der Waals surface area contributed by atoms with Gasteiger partial charge in [-0.1, -0.05) is 0 Å². The van der Waals surface area contributed by atoms with E-state index in [0.717, 1.165) is 0 Å². The second-order valence-corrected chi connectivity index (χ2v) is 1.43. The van der Waals surface area contributed by atoms with Gasteiger partial charge in [0.05, 0.1) is 14.9 Å². The smallest absolute Gasteiger partial charge is 0.183 e. The Morgan fingerprint density at radius 1 is 1.27 bits per heavy atom. The van der Waals surface area contributed by atoms with Crippen LogP contribution in [0.25, 0.3) is 0 Å². The van der Waals surface area contributed by atoms with Gasteiger partial charge in [0.2, 0.25) is 0 Å². The van der Waals surface area contributed by atoms with Gasteiger partial charge in [0.25, 0.3) is 5.09 Å². The summed E-state index contributed by atoms with van der Waals surface area (Å²) in [5, 5.41) is 13.6. The van der Waals surface area contributed by atoms with Gasteiger partial charge >= 0.3 is 60.8 Å². The zero-order chi connectivity index (χ0) is 8.08. The van der Waals surface area contributed by atoms with Crippen molar-refractivity contribution in [3.05, 3.63) is 10.1 Å². The predicted molar refractivity (Wildman–Crippen MR) is 28.1 cm³/mol. The number of halogens is 1. The first-order chi connectivity index (χ1) is 3.73. The van der Waals surface area contributed by atoms with Crippen molar-refractivity contribution in [2.45, 2.75) is 0 Å². The van der Waals surface area contributed by atoms with Crippen molar-refractivity contribution in [2.75, 3.05) is 0 Å². The molecule has 0 amide bonds. The number of rotatable bonds is 0. The first-order valence-electron chi connectivity index (χ1n) is 1.20. The molecule has 0 unspecified atom stereocenters. The summed E-state index contributed by atoms with van der Waals surface area (Å²) in [4.78, 5) is 8.36. The maximum atomic E-state index is 8.60. The Bertz CT molecular complexity index is 80.9. The van der Waals surface area contributed by atoms with Crippen LogP contribution in [0.1, 0.15) is 0 Å². The number of hydrogen-bond acceptors (Lipinski definition) is 6. The number of hydrogen-bond donors (Lipinski definition) is 2. The van der Waals surface area contributed by atoms with Gasteiger partial charge in [-0.25, -0.2) is 0 Å². The average Bonchev–Trinajstić information content (AvgIpc) is 1.19. The van der Waals surface area contributed by atoms with E-state index in [9.17, 15) is 0 Å². The molecule has 0 atom stereocenters. The molecule has 0 heterocycles. The van der Waals surface area contributed by atoms with Crippen molar-refractivity contribution in [3.63, 3.8) is 0 Å². The Morgan fingerprint density at radius 3 is 1.27 bits per heavy atom. The third-order valence-corrected chi connectivity index (χ3v) is 0. The van der Waals surface area contributed by atoms with Crippen molar-refractivity contribution in [2.24, 2.45) is 0 Å². The van der Waals surface area contributed by atoms with Gasteiger partial charge in [-0.15, -0.1) is 10.1 Å². The van der Waals surface area contributed by atoms with E-state index in [1.165, 1.54) is 0 Å². The van der Waals surface area contributed by atoms with Crippen LogP contribution < -0.4 is 14.0 Å². The van der Waals surface area contributed by atoms with Crippen LogP contribution in [0.3, 0.4) is 0 Å². The summed E-state index contributed by atoms with van der Waals surface area (Å²) in [6, 6.07) is 0. The molecule has 0 saturated carbocycles. The molecular formula is H6CaClMgNO7. The van der Waals surface area contributed by atoms with Gasteiger partial charge in [0.1, 0.15) is 0 Å². The fourth-order valence-corrected chi connectivity index (χ4v) is 0. The Labute approximate surface area is 109 Å². The summed E-state index contributed by atoms with van der Waals surface area (Å²) in [5.74, 6) is 0. The molecular weight excluding hydrogens is 226 g/mol. The minimum Gasteiger partial charge on any atom is -0.183 e. The van der Waals surface area contributed by atoms with E-state index in [2.05, 4.69) is 0 Å². The van der Waals surface area contributed by atoms with Crippen molar-refractivity contribution in [1.82, 2.24) is 0 Å². The molecule has 0 aromatic rings. The van der Waals surface area contributed by atoms with Crippen LogP contribution in [0.2, 0.25) is 0 Å². The molecule has 11 heavy (non-hydrogen) atoms. The molecule has 0 saturated heterocycles. The van der Waals surface area contributed by atoms with Gasteiger partial charge in [-0.2, -0.15) is 14.0 Å². The first kappa shape index (κ1) is 22.8. The summed E-state index contributed by atoms with van der Waals surface area (Å²) < 4.78 is 32.7. The third kappa shape index (κ3) is 541. The second-order valence-electron chi connectivity index (χ2n) is 0.634. The molecule has 11 heteroatoms. The van der Waals surface area contributed by atoms with Crippen LogP contribution >= 0.6 is 0 Å². The van der Waals surface area contributed by atoms with E-state index < -0.39 is 15.3 Å². The molecule has 64 valence electrons. The van der Waals surface area contributed by atoms with E-state index in [1.807, 2.05) is 0 Å². The van der Waals surface area contributed by atoms with Crippen molar-refractivity contribution < 1.29 is 39.2 Å². The second kappa shape index (κ2) is 11.4. The average molecular weight is 232 g/mol. The van der Waals surface area contributed by atoms with Crippen LogP contribution in [0, 0.1) is 20.4 Å². The van der Waals surface area contributed by atoms with E-state index in [0.29, 0.717) is 0 Å². The fourth-order valence-electron chi connectivity index (χ4n) is 0. The maximum Gasteiger partial charge on any atom is 0.316 e. The third-order valence-electron chi connectivity index (χ3n) is 0. The van der Waals surface area contributed by atoms with Crippen LogP contribution in [-0.4, -0.2) is 75.7 Å². The Balaban J connectivity index is -0.0000000383. The first-order valence-corrected chi connectivity index (χ1v) is 2.46. The molecule has 0 aromatic heterocycles. The minimum atomic E-state index is -4.69. The standard InChI is InChI=1S/Ca.ClHO4.Mg.HNO3.4H/c;2-1(3,4)5;;2-1(3)4;;;;/h;(H,2,3,4,5);;(H,2,3,4);;;;. The van der Waals surface area contributed by atoms with Crippen molar-refractivity contribution >= 4 is 60.8 Å². The molecule has 8 nitrogen and oxygen atoms in total. The fraction of sp³-hybridized carbons (Fsp3) is 0. The van der Waals surface area contributed by atoms with Crippen LogP contribution in [0.15, 0.2) is 0 Å². The van der Waals surface area contributed by atoms with Gasteiger partial charge in [-0.3, -0.25) is 0 Å². The maximum absolute atomic E-state index is 8.60. The van der Waals surface area contributed by atoms with Crippen LogP contribution in [-0.2, 0) is 0 Å². The summed E-state index contributed by atoms with van der Waals surface area (Å²) in [7, 11) is -4.69. The monoisotopic (exact) mass is 231 g/mol. The molecule has 0 radical (unpaired) electrons. The topological polar surface area (TPSA) is 153 Å². The Hall–Kier alpha value is 1.36. The normalized spacial score (nSPS) is 7.64. The molecule has 0 bridgehead atoms. The Kier molecular flexibility index (Phi) is 23.6.